The van der Waals surface area contributed by atoms with Gasteiger partial charge in [0.2, 0.25) is 5.91 Å². The topological polar surface area (TPSA) is 44.4 Å². The number of piperazine rings is 1. The van der Waals surface area contributed by atoms with Gasteiger partial charge in [-0.2, -0.15) is 0 Å². The van der Waals surface area contributed by atoms with E-state index < -0.39 is 0 Å². The Balaban J connectivity index is 1.48. The average Bonchev–Trinajstić information content (AvgIpc) is 2.91. The molecular weight excluding hydrogens is 226 g/mol. The van der Waals surface area contributed by atoms with Crippen molar-refractivity contribution >= 4 is 5.91 Å². The summed E-state index contributed by atoms with van der Waals surface area (Å²) >= 11 is 0. The summed E-state index contributed by atoms with van der Waals surface area (Å²) in [4.78, 5) is 14.1. The molecule has 2 fully saturated rings. The molecule has 0 spiro atoms. The first kappa shape index (κ1) is 13.8. The fourth-order valence-electron chi connectivity index (χ4n) is 2.96. The van der Waals surface area contributed by atoms with Crippen LogP contribution in [0, 0.1) is 5.92 Å². The van der Waals surface area contributed by atoms with Gasteiger partial charge in [0.1, 0.15) is 0 Å². The Morgan fingerprint density at radius 3 is 2.67 bits per heavy atom. The predicted molar refractivity (Wildman–Crippen MR) is 73.5 cm³/mol. The molecule has 2 aliphatic rings. The van der Waals surface area contributed by atoms with E-state index in [0.717, 1.165) is 51.6 Å². The van der Waals surface area contributed by atoms with E-state index in [1.54, 1.807) is 0 Å². The van der Waals surface area contributed by atoms with Gasteiger partial charge in [-0.3, -0.25) is 4.79 Å². The normalized spacial score (nSPS) is 22.2. The number of amides is 1. The third kappa shape index (κ3) is 4.94. The molecule has 0 atom stereocenters. The standard InChI is InChI=1S/C14H27N3O/c18-14(16-12-13-4-1-2-5-13)6-3-9-17-10-7-15-8-11-17/h13,15H,1-12H2,(H,16,18). The molecule has 0 bridgehead atoms. The fraction of sp³-hybridized carbons (Fsp3) is 0.929. The second kappa shape index (κ2) is 7.74. The highest BCUT2D eigenvalue weighted by atomic mass is 16.1. The lowest BCUT2D eigenvalue weighted by molar-refractivity contribution is -0.121. The molecule has 0 aromatic rings. The number of hydrogen-bond acceptors (Lipinski definition) is 3. The molecule has 1 heterocycles. The van der Waals surface area contributed by atoms with Crippen LogP contribution in [0.1, 0.15) is 38.5 Å². The maximum absolute atomic E-state index is 11.7. The smallest absolute Gasteiger partial charge is 0.220 e. The van der Waals surface area contributed by atoms with Gasteiger partial charge in [-0.1, -0.05) is 12.8 Å². The van der Waals surface area contributed by atoms with Crippen LogP contribution in [0.5, 0.6) is 0 Å². The van der Waals surface area contributed by atoms with Gasteiger partial charge in [-0.05, 0) is 31.7 Å². The van der Waals surface area contributed by atoms with Crippen LogP contribution in [0.3, 0.4) is 0 Å². The molecule has 104 valence electrons. The molecular formula is C14H27N3O. The highest BCUT2D eigenvalue weighted by Crippen LogP contribution is 2.23. The summed E-state index contributed by atoms with van der Waals surface area (Å²) in [7, 11) is 0. The maximum Gasteiger partial charge on any atom is 0.220 e. The SMILES string of the molecule is O=C(CCCN1CCNCC1)NCC1CCCC1. The number of carbonyl (C=O) groups is 1. The Morgan fingerprint density at radius 1 is 1.22 bits per heavy atom. The van der Waals surface area contributed by atoms with Crippen molar-refractivity contribution in [3.8, 4) is 0 Å². The Kier molecular flexibility index (Phi) is 5.94. The van der Waals surface area contributed by atoms with E-state index >= 15 is 0 Å². The zero-order chi connectivity index (χ0) is 12.6. The molecule has 0 unspecified atom stereocenters. The molecule has 1 aliphatic carbocycles. The second-order valence-electron chi connectivity index (χ2n) is 5.65. The maximum atomic E-state index is 11.7. The number of rotatable bonds is 6. The van der Waals surface area contributed by atoms with Gasteiger partial charge < -0.3 is 15.5 Å². The van der Waals surface area contributed by atoms with Crippen molar-refractivity contribution in [2.24, 2.45) is 5.92 Å². The number of nitrogens with zero attached hydrogens (tertiary/aromatic N) is 1. The van der Waals surface area contributed by atoms with Crippen molar-refractivity contribution in [2.45, 2.75) is 38.5 Å². The number of nitrogens with one attached hydrogen (secondary N) is 2. The summed E-state index contributed by atoms with van der Waals surface area (Å²) < 4.78 is 0. The molecule has 1 saturated carbocycles. The quantitative estimate of drug-likeness (QED) is 0.741. The molecule has 2 N–H and O–H groups in total. The summed E-state index contributed by atoms with van der Waals surface area (Å²) in [5, 5.41) is 6.44. The van der Waals surface area contributed by atoms with Crippen molar-refractivity contribution < 1.29 is 4.79 Å². The van der Waals surface area contributed by atoms with E-state index in [1.165, 1.54) is 25.7 Å². The zero-order valence-electron chi connectivity index (χ0n) is 11.4. The summed E-state index contributed by atoms with van der Waals surface area (Å²) in [6.45, 7) is 6.42. The Hall–Kier alpha value is -0.610. The Morgan fingerprint density at radius 2 is 1.94 bits per heavy atom. The summed E-state index contributed by atoms with van der Waals surface area (Å²) in [5.74, 6) is 0.999. The van der Waals surface area contributed by atoms with E-state index in [4.69, 9.17) is 0 Å². The van der Waals surface area contributed by atoms with Gasteiger partial charge in [-0.25, -0.2) is 0 Å². The third-order valence-electron chi connectivity index (χ3n) is 4.15. The van der Waals surface area contributed by atoms with Gasteiger partial charge in [0.25, 0.3) is 0 Å². The average molecular weight is 253 g/mol. The fourth-order valence-corrected chi connectivity index (χ4v) is 2.96. The van der Waals surface area contributed by atoms with Crippen LogP contribution in [-0.2, 0) is 4.79 Å². The first-order valence-corrected chi connectivity index (χ1v) is 7.54. The highest BCUT2D eigenvalue weighted by Gasteiger charge is 2.15. The van der Waals surface area contributed by atoms with E-state index in [-0.39, 0.29) is 5.91 Å². The third-order valence-corrected chi connectivity index (χ3v) is 4.15. The van der Waals surface area contributed by atoms with Crippen molar-refractivity contribution in [2.75, 3.05) is 39.3 Å². The van der Waals surface area contributed by atoms with Crippen molar-refractivity contribution in [3.05, 3.63) is 0 Å². The van der Waals surface area contributed by atoms with E-state index in [1.807, 2.05) is 0 Å². The largest absolute Gasteiger partial charge is 0.356 e. The van der Waals surface area contributed by atoms with Crippen molar-refractivity contribution in [1.29, 1.82) is 0 Å². The molecule has 4 nitrogen and oxygen atoms in total. The van der Waals surface area contributed by atoms with Gasteiger partial charge >= 0.3 is 0 Å². The summed E-state index contributed by atoms with van der Waals surface area (Å²) in [5.41, 5.74) is 0. The van der Waals surface area contributed by atoms with Gasteiger partial charge in [0.15, 0.2) is 0 Å². The van der Waals surface area contributed by atoms with Crippen LogP contribution in [0.25, 0.3) is 0 Å². The van der Waals surface area contributed by atoms with Crippen molar-refractivity contribution in [1.82, 2.24) is 15.5 Å². The molecule has 0 aromatic heterocycles. The van der Waals surface area contributed by atoms with E-state index in [0.29, 0.717) is 6.42 Å². The minimum atomic E-state index is 0.247. The minimum Gasteiger partial charge on any atom is -0.356 e. The molecule has 0 aromatic carbocycles. The van der Waals surface area contributed by atoms with Crippen LogP contribution in [0.15, 0.2) is 0 Å². The summed E-state index contributed by atoms with van der Waals surface area (Å²) in [6.07, 6.45) is 7.00. The van der Waals surface area contributed by atoms with Crippen LogP contribution in [0.2, 0.25) is 0 Å². The highest BCUT2D eigenvalue weighted by molar-refractivity contribution is 5.75. The monoisotopic (exact) mass is 253 g/mol. The second-order valence-corrected chi connectivity index (χ2v) is 5.65. The predicted octanol–water partition coefficient (Wildman–Crippen LogP) is 0.978. The number of hydrogen-bond donors (Lipinski definition) is 2. The Bertz CT molecular complexity index is 245. The van der Waals surface area contributed by atoms with Gasteiger partial charge in [0, 0.05) is 39.1 Å². The van der Waals surface area contributed by atoms with E-state index in [2.05, 4.69) is 15.5 Å². The number of carbonyl (C=O) groups excluding carboxylic acids is 1. The van der Waals surface area contributed by atoms with E-state index in [9.17, 15) is 4.79 Å². The molecule has 2 rings (SSSR count). The molecule has 1 aliphatic heterocycles. The summed E-state index contributed by atoms with van der Waals surface area (Å²) in [6, 6.07) is 0. The van der Waals surface area contributed by atoms with Crippen molar-refractivity contribution in [3.63, 3.8) is 0 Å². The lowest BCUT2D eigenvalue weighted by atomic mass is 10.1. The molecule has 18 heavy (non-hydrogen) atoms. The zero-order valence-corrected chi connectivity index (χ0v) is 11.4. The first-order valence-electron chi connectivity index (χ1n) is 7.54. The molecule has 1 saturated heterocycles. The van der Waals surface area contributed by atoms with Gasteiger partial charge in [-0.15, -0.1) is 0 Å². The molecule has 0 radical (unpaired) electrons. The van der Waals surface area contributed by atoms with Crippen LogP contribution < -0.4 is 10.6 Å². The van der Waals surface area contributed by atoms with Crippen LogP contribution >= 0.6 is 0 Å². The minimum absolute atomic E-state index is 0.247. The lowest BCUT2D eigenvalue weighted by Gasteiger charge is -2.26. The molecule has 4 heteroatoms. The Labute approximate surface area is 110 Å². The van der Waals surface area contributed by atoms with Gasteiger partial charge in [0.05, 0.1) is 0 Å². The first-order chi connectivity index (χ1) is 8.84. The molecule has 1 amide bonds. The van der Waals surface area contributed by atoms with Crippen LogP contribution in [-0.4, -0.2) is 50.1 Å². The lowest BCUT2D eigenvalue weighted by Crippen LogP contribution is -2.43. The van der Waals surface area contributed by atoms with Crippen LogP contribution in [0.4, 0.5) is 0 Å².